The molecule has 2 heterocycles. The van der Waals surface area contributed by atoms with Gasteiger partial charge >= 0.3 is 0 Å². The molecule has 0 radical (unpaired) electrons. The molecule has 4 rings (SSSR count). The van der Waals surface area contributed by atoms with Crippen LogP contribution < -0.4 is 14.4 Å². The smallest absolute Gasteiger partial charge is 0.264 e. The Morgan fingerprint density at radius 1 is 1.27 bits per heavy atom. The second-order valence-electron chi connectivity index (χ2n) is 6.88. The van der Waals surface area contributed by atoms with E-state index in [-0.39, 0.29) is 17.0 Å². The predicted molar refractivity (Wildman–Crippen MR) is 116 cm³/mol. The summed E-state index contributed by atoms with van der Waals surface area (Å²) in [7, 11) is -2.36. The number of para-hydroxylation sites is 1. The van der Waals surface area contributed by atoms with Crippen LogP contribution in [0.3, 0.4) is 0 Å². The third-order valence-electron chi connectivity index (χ3n) is 4.91. The van der Waals surface area contributed by atoms with Gasteiger partial charge in [0.25, 0.3) is 15.9 Å². The minimum absolute atomic E-state index is 0.0512. The number of amides is 1. The van der Waals surface area contributed by atoms with Crippen LogP contribution in [0.5, 0.6) is 5.75 Å². The molecular formula is C21H21N3O4S2. The van der Waals surface area contributed by atoms with Crippen LogP contribution >= 0.6 is 11.3 Å². The van der Waals surface area contributed by atoms with Crippen molar-refractivity contribution in [1.29, 1.82) is 0 Å². The van der Waals surface area contributed by atoms with Crippen LogP contribution in [0.4, 0.5) is 5.69 Å². The number of ether oxygens (including phenoxy) is 1. The lowest BCUT2D eigenvalue weighted by molar-refractivity contribution is 0.0947. The van der Waals surface area contributed by atoms with Gasteiger partial charge in [-0.1, -0.05) is 18.2 Å². The van der Waals surface area contributed by atoms with Gasteiger partial charge in [0.1, 0.15) is 10.8 Å². The van der Waals surface area contributed by atoms with Gasteiger partial charge in [-0.15, -0.1) is 11.3 Å². The van der Waals surface area contributed by atoms with E-state index in [1.165, 1.54) is 41.0 Å². The highest BCUT2D eigenvalue weighted by Gasteiger charge is 2.31. The van der Waals surface area contributed by atoms with Gasteiger partial charge in [0.15, 0.2) is 0 Å². The molecule has 2 aromatic carbocycles. The minimum atomic E-state index is -3.81. The summed E-state index contributed by atoms with van der Waals surface area (Å²) >= 11 is 1.45. The lowest BCUT2D eigenvalue weighted by Gasteiger charge is -2.20. The van der Waals surface area contributed by atoms with Crippen LogP contribution in [-0.4, -0.2) is 33.0 Å². The summed E-state index contributed by atoms with van der Waals surface area (Å²) in [5, 5.41) is 5.47. The third kappa shape index (κ3) is 3.78. The average molecular weight is 444 g/mol. The Morgan fingerprint density at radius 2 is 2.07 bits per heavy atom. The molecule has 156 valence electrons. The topological polar surface area (TPSA) is 88.6 Å². The molecule has 1 aliphatic heterocycles. The lowest BCUT2D eigenvalue weighted by Crippen LogP contribution is -2.30. The normalized spacial score (nSPS) is 13.2. The molecule has 0 spiro atoms. The van der Waals surface area contributed by atoms with Gasteiger partial charge in [-0.2, -0.15) is 0 Å². The minimum Gasteiger partial charge on any atom is -0.496 e. The van der Waals surface area contributed by atoms with Crippen molar-refractivity contribution < 1.29 is 17.9 Å². The number of nitrogens with zero attached hydrogens (tertiary/aromatic N) is 2. The fraction of sp³-hybridized carbons (Fsp3) is 0.238. The molecule has 0 fully saturated rings. The Balaban J connectivity index is 1.63. The van der Waals surface area contributed by atoms with Crippen molar-refractivity contribution in [3.8, 4) is 5.75 Å². The molecule has 0 saturated carbocycles. The number of aryl methyl sites for hydroxylation is 1. The van der Waals surface area contributed by atoms with Crippen LogP contribution in [0.15, 0.2) is 52.7 Å². The molecule has 1 aliphatic rings. The first-order chi connectivity index (χ1) is 14.4. The highest BCUT2D eigenvalue weighted by atomic mass is 32.2. The van der Waals surface area contributed by atoms with E-state index in [2.05, 4.69) is 10.3 Å². The number of sulfonamides is 1. The van der Waals surface area contributed by atoms with E-state index in [9.17, 15) is 13.2 Å². The molecule has 0 unspecified atom stereocenters. The highest BCUT2D eigenvalue weighted by molar-refractivity contribution is 7.92. The van der Waals surface area contributed by atoms with Crippen molar-refractivity contribution in [2.24, 2.45) is 0 Å². The van der Waals surface area contributed by atoms with E-state index in [1.807, 2.05) is 30.5 Å². The third-order valence-corrected chi connectivity index (χ3v) is 7.69. The Hall–Kier alpha value is -2.91. The van der Waals surface area contributed by atoms with Gasteiger partial charge in [0.2, 0.25) is 0 Å². The first kappa shape index (κ1) is 20.4. The number of carbonyl (C=O) groups excluding carboxylic acids is 1. The molecule has 0 bridgehead atoms. The molecular weight excluding hydrogens is 422 g/mol. The number of fused-ring (bicyclic) bond motifs is 1. The Morgan fingerprint density at radius 3 is 2.80 bits per heavy atom. The molecule has 0 atom stereocenters. The monoisotopic (exact) mass is 443 g/mol. The van der Waals surface area contributed by atoms with Gasteiger partial charge in [0.05, 0.1) is 29.8 Å². The summed E-state index contributed by atoms with van der Waals surface area (Å²) in [5.74, 6) is -0.109. The van der Waals surface area contributed by atoms with Crippen LogP contribution in [-0.2, 0) is 23.0 Å². The van der Waals surface area contributed by atoms with E-state index < -0.39 is 15.9 Å². The van der Waals surface area contributed by atoms with Crippen LogP contribution in [0.1, 0.15) is 26.6 Å². The van der Waals surface area contributed by atoms with Crippen LogP contribution in [0.2, 0.25) is 0 Å². The quantitative estimate of drug-likeness (QED) is 0.632. The molecule has 1 N–H and O–H groups in total. The summed E-state index contributed by atoms with van der Waals surface area (Å²) < 4.78 is 33.3. The Kier molecular flexibility index (Phi) is 5.48. The number of hydrogen-bond acceptors (Lipinski definition) is 6. The average Bonchev–Trinajstić information content (AvgIpc) is 3.37. The SMILES string of the molecule is COc1ccc(S(=O)(=O)N2CCc3ccccc32)cc1C(=O)NCc1nc(C)cs1. The molecule has 7 nitrogen and oxygen atoms in total. The maximum Gasteiger partial charge on any atom is 0.264 e. The Labute approximate surface area is 179 Å². The van der Waals surface area contributed by atoms with E-state index >= 15 is 0 Å². The first-order valence-electron chi connectivity index (χ1n) is 9.38. The zero-order valence-electron chi connectivity index (χ0n) is 16.6. The van der Waals surface area contributed by atoms with Gasteiger partial charge in [-0.3, -0.25) is 9.10 Å². The summed E-state index contributed by atoms with van der Waals surface area (Å²) in [6.45, 7) is 2.52. The molecule has 9 heteroatoms. The first-order valence-corrected chi connectivity index (χ1v) is 11.7. The number of methoxy groups -OCH3 is 1. The highest BCUT2D eigenvalue weighted by Crippen LogP contribution is 2.33. The van der Waals surface area contributed by atoms with E-state index in [0.29, 0.717) is 24.4 Å². The number of anilines is 1. The summed E-state index contributed by atoms with van der Waals surface area (Å²) in [6, 6.07) is 11.8. The van der Waals surface area contributed by atoms with Gasteiger partial charge < -0.3 is 10.1 Å². The van der Waals surface area contributed by atoms with Gasteiger partial charge in [-0.25, -0.2) is 13.4 Å². The fourth-order valence-electron chi connectivity index (χ4n) is 3.44. The summed E-state index contributed by atoms with van der Waals surface area (Å²) in [6.07, 6.45) is 0.659. The van der Waals surface area contributed by atoms with Gasteiger partial charge in [0, 0.05) is 17.6 Å². The van der Waals surface area contributed by atoms with Crippen molar-refractivity contribution >= 4 is 33.0 Å². The number of rotatable bonds is 6. The predicted octanol–water partition coefficient (Wildman–Crippen LogP) is 3.14. The van der Waals surface area contributed by atoms with E-state index in [4.69, 9.17) is 4.74 Å². The van der Waals surface area contributed by atoms with E-state index in [0.717, 1.165) is 16.3 Å². The largest absolute Gasteiger partial charge is 0.496 e. The number of carbonyl (C=O) groups is 1. The molecule has 1 amide bonds. The zero-order valence-corrected chi connectivity index (χ0v) is 18.2. The second kappa shape index (κ2) is 8.08. The molecule has 1 aromatic heterocycles. The number of aromatic nitrogens is 1. The standard InChI is InChI=1S/C21H21N3O4S2/c1-14-13-29-20(23-14)12-22-21(25)17-11-16(7-8-19(17)28-2)30(26,27)24-10-9-15-5-3-4-6-18(15)24/h3-8,11,13H,9-10,12H2,1-2H3,(H,22,25). The molecule has 3 aromatic rings. The number of nitrogens with one attached hydrogen (secondary N) is 1. The summed E-state index contributed by atoms with van der Waals surface area (Å²) in [4.78, 5) is 17.2. The van der Waals surface area contributed by atoms with Crippen molar-refractivity contribution in [2.45, 2.75) is 24.8 Å². The van der Waals surface area contributed by atoms with Crippen molar-refractivity contribution in [3.05, 3.63) is 69.7 Å². The van der Waals surface area contributed by atoms with Crippen LogP contribution in [0, 0.1) is 6.92 Å². The number of benzene rings is 2. The van der Waals surface area contributed by atoms with E-state index in [1.54, 1.807) is 6.07 Å². The zero-order chi connectivity index (χ0) is 21.3. The second-order valence-corrected chi connectivity index (χ2v) is 9.69. The maximum atomic E-state index is 13.3. The molecule has 0 saturated heterocycles. The Bertz CT molecular complexity index is 1200. The fourth-order valence-corrected chi connectivity index (χ4v) is 5.69. The lowest BCUT2D eigenvalue weighted by atomic mass is 10.2. The van der Waals surface area contributed by atoms with Crippen molar-refractivity contribution in [3.63, 3.8) is 0 Å². The van der Waals surface area contributed by atoms with Crippen molar-refractivity contribution in [2.75, 3.05) is 18.0 Å². The number of thiazole rings is 1. The number of hydrogen-bond donors (Lipinski definition) is 1. The van der Waals surface area contributed by atoms with Gasteiger partial charge in [-0.05, 0) is 43.2 Å². The summed E-state index contributed by atoms with van der Waals surface area (Å²) in [5.41, 5.74) is 2.73. The maximum absolute atomic E-state index is 13.3. The van der Waals surface area contributed by atoms with Crippen LogP contribution in [0.25, 0.3) is 0 Å². The van der Waals surface area contributed by atoms with Crippen molar-refractivity contribution in [1.82, 2.24) is 10.3 Å². The molecule has 0 aliphatic carbocycles. The molecule has 30 heavy (non-hydrogen) atoms.